The lowest BCUT2D eigenvalue weighted by atomic mass is 9.84. The van der Waals surface area contributed by atoms with E-state index in [-0.39, 0.29) is 18.7 Å². The maximum absolute atomic E-state index is 13.0. The van der Waals surface area contributed by atoms with E-state index in [1.54, 1.807) is 6.07 Å². The molecular formula is C22H26N4O4. The van der Waals surface area contributed by atoms with Crippen LogP contribution in [0.2, 0.25) is 0 Å². The van der Waals surface area contributed by atoms with E-state index < -0.39 is 23.8 Å². The summed E-state index contributed by atoms with van der Waals surface area (Å²) in [5.74, 6) is -1.16. The number of carbonyl (C=O) groups excluding carboxylic acids is 4. The highest BCUT2D eigenvalue weighted by molar-refractivity contribution is 6.23. The van der Waals surface area contributed by atoms with Gasteiger partial charge < -0.3 is 5.32 Å². The van der Waals surface area contributed by atoms with E-state index in [2.05, 4.69) is 15.5 Å². The highest BCUT2D eigenvalue weighted by Crippen LogP contribution is 2.31. The number of hydrogen-bond donors (Lipinski definition) is 2. The number of benzene rings is 1. The van der Waals surface area contributed by atoms with Gasteiger partial charge in [-0.2, -0.15) is 0 Å². The zero-order chi connectivity index (χ0) is 20.8. The van der Waals surface area contributed by atoms with Crippen LogP contribution in [0.5, 0.6) is 0 Å². The van der Waals surface area contributed by atoms with Gasteiger partial charge >= 0.3 is 0 Å². The van der Waals surface area contributed by atoms with Crippen molar-refractivity contribution in [1.29, 1.82) is 0 Å². The lowest BCUT2D eigenvalue weighted by Gasteiger charge is -2.44. The number of hydrogen-bond acceptors (Lipinski definition) is 6. The normalized spacial score (nSPS) is 29.6. The number of fused-ring (bicyclic) bond motifs is 2. The Morgan fingerprint density at radius 2 is 1.83 bits per heavy atom. The van der Waals surface area contributed by atoms with Gasteiger partial charge in [-0.1, -0.05) is 6.07 Å². The number of likely N-dealkylation sites (tertiary alicyclic amines) is 1. The molecule has 0 aliphatic carbocycles. The first-order chi connectivity index (χ1) is 14.5. The van der Waals surface area contributed by atoms with Crippen LogP contribution in [0.25, 0.3) is 0 Å². The molecule has 3 saturated heterocycles. The predicted molar refractivity (Wildman–Crippen MR) is 108 cm³/mol. The van der Waals surface area contributed by atoms with Crippen molar-refractivity contribution in [2.75, 3.05) is 19.6 Å². The van der Waals surface area contributed by atoms with Gasteiger partial charge in [0.05, 0.1) is 11.1 Å². The lowest BCUT2D eigenvalue weighted by molar-refractivity contribution is -0.136. The zero-order valence-corrected chi connectivity index (χ0v) is 16.9. The van der Waals surface area contributed by atoms with E-state index in [1.807, 2.05) is 12.1 Å². The van der Waals surface area contributed by atoms with Gasteiger partial charge in [0.1, 0.15) is 6.04 Å². The standard InChI is InChI=1S/C22H26N4O4/c27-19-6-5-18(20(28)24-19)26-21(29)15-4-3-13(10-16(15)22(26)30)12-25-9-1-2-14-11-23-8-7-17(14)25/h3-4,10,14,17-18,23H,1-2,5-9,11-12H2,(H,24,27,28)/t14-,17+,18?/m1/s1. The summed E-state index contributed by atoms with van der Waals surface area (Å²) in [7, 11) is 0. The molecule has 4 aliphatic rings. The molecule has 5 rings (SSSR count). The molecule has 0 bridgehead atoms. The van der Waals surface area contributed by atoms with Crippen molar-refractivity contribution in [3.05, 3.63) is 34.9 Å². The second-order valence-electron chi connectivity index (χ2n) is 8.76. The summed E-state index contributed by atoms with van der Waals surface area (Å²) in [5.41, 5.74) is 1.71. The molecule has 8 heteroatoms. The third-order valence-corrected chi connectivity index (χ3v) is 6.95. The zero-order valence-electron chi connectivity index (χ0n) is 16.9. The number of piperidine rings is 3. The van der Waals surface area contributed by atoms with Gasteiger partial charge in [0.2, 0.25) is 11.8 Å². The summed E-state index contributed by atoms with van der Waals surface area (Å²) < 4.78 is 0. The minimum absolute atomic E-state index is 0.126. The Bertz CT molecular complexity index is 928. The van der Waals surface area contributed by atoms with Crippen LogP contribution in [0.15, 0.2) is 18.2 Å². The fourth-order valence-electron chi connectivity index (χ4n) is 5.45. The average molecular weight is 410 g/mol. The van der Waals surface area contributed by atoms with E-state index in [0.29, 0.717) is 23.1 Å². The topological polar surface area (TPSA) is 98.8 Å². The molecule has 8 nitrogen and oxygen atoms in total. The van der Waals surface area contributed by atoms with Gasteiger partial charge in [-0.05, 0) is 68.9 Å². The Hall–Kier alpha value is -2.58. The van der Waals surface area contributed by atoms with Crippen molar-refractivity contribution in [2.45, 2.75) is 50.7 Å². The number of amides is 4. The largest absolute Gasteiger partial charge is 0.316 e. The van der Waals surface area contributed by atoms with Gasteiger partial charge in [-0.25, -0.2) is 0 Å². The molecule has 2 N–H and O–H groups in total. The van der Waals surface area contributed by atoms with Crippen LogP contribution in [-0.4, -0.2) is 65.1 Å². The Morgan fingerprint density at radius 1 is 1.00 bits per heavy atom. The van der Waals surface area contributed by atoms with Crippen molar-refractivity contribution < 1.29 is 19.2 Å². The third-order valence-electron chi connectivity index (χ3n) is 6.95. The monoisotopic (exact) mass is 410 g/mol. The van der Waals surface area contributed by atoms with Crippen LogP contribution in [0.1, 0.15) is 58.4 Å². The molecule has 3 atom stereocenters. The van der Waals surface area contributed by atoms with E-state index >= 15 is 0 Å². The van der Waals surface area contributed by atoms with Gasteiger partial charge in [-0.3, -0.25) is 34.3 Å². The fraction of sp³-hybridized carbons (Fsp3) is 0.545. The van der Waals surface area contributed by atoms with Crippen LogP contribution in [-0.2, 0) is 16.1 Å². The Labute approximate surface area is 175 Å². The van der Waals surface area contributed by atoms with E-state index in [1.165, 1.54) is 12.8 Å². The molecule has 1 unspecified atom stereocenters. The second kappa shape index (κ2) is 7.59. The molecule has 4 amide bonds. The summed E-state index contributed by atoms with van der Waals surface area (Å²) in [6, 6.07) is 5.08. The Kier molecular flexibility index (Phi) is 4.91. The van der Waals surface area contributed by atoms with E-state index in [9.17, 15) is 19.2 Å². The maximum atomic E-state index is 13.0. The summed E-state index contributed by atoms with van der Waals surface area (Å²) in [6.45, 7) is 3.91. The van der Waals surface area contributed by atoms with Gasteiger partial charge in [-0.15, -0.1) is 0 Å². The fourth-order valence-corrected chi connectivity index (χ4v) is 5.45. The molecule has 1 aromatic carbocycles. The van der Waals surface area contributed by atoms with Crippen LogP contribution in [0.4, 0.5) is 0 Å². The predicted octanol–water partition coefficient (Wildman–Crippen LogP) is 0.662. The second-order valence-corrected chi connectivity index (χ2v) is 8.76. The van der Waals surface area contributed by atoms with Crippen LogP contribution in [0, 0.1) is 5.92 Å². The molecule has 4 heterocycles. The smallest absolute Gasteiger partial charge is 0.262 e. The number of imide groups is 2. The number of rotatable bonds is 3. The first kappa shape index (κ1) is 19.4. The first-order valence-electron chi connectivity index (χ1n) is 10.8. The number of carbonyl (C=O) groups is 4. The van der Waals surface area contributed by atoms with E-state index in [0.717, 1.165) is 43.1 Å². The van der Waals surface area contributed by atoms with E-state index in [4.69, 9.17) is 0 Å². The minimum Gasteiger partial charge on any atom is -0.316 e. The molecule has 0 saturated carbocycles. The van der Waals surface area contributed by atoms with Crippen LogP contribution < -0.4 is 10.6 Å². The SMILES string of the molecule is O=C1CCC(N2C(=O)c3ccc(CN4CCC[C@@H]5CNCC[C@@H]54)cc3C2=O)C(=O)N1. The molecule has 3 fully saturated rings. The summed E-state index contributed by atoms with van der Waals surface area (Å²) >= 11 is 0. The van der Waals surface area contributed by atoms with Crippen molar-refractivity contribution in [3.8, 4) is 0 Å². The summed E-state index contributed by atoms with van der Waals surface area (Å²) in [6.07, 6.45) is 3.87. The van der Waals surface area contributed by atoms with Crippen LogP contribution >= 0.6 is 0 Å². The van der Waals surface area contributed by atoms with Gasteiger partial charge in [0, 0.05) is 19.0 Å². The summed E-state index contributed by atoms with van der Waals surface area (Å²) in [4.78, 5) is 53.0. The molecule has 1 aromatic rings. The number of nitrogens with one attached hydrogen (secondary N) is 2. The Balaban J connectivity index is 1.36. The average Bonchev–Trinajstić information content (AvgIpc) is 2.99. The van der Waals surface area contributed by atoms with Gasteiger partial charge in [0.15, 0.2) is 0 Å². The molecule has 158 valence electrons. The Morgan fingerprint density at radius 3 is 2.67 bits per heavy atom. The maximum Gasteiger partial charge on any atom is 0.262 e. The third kappa shape index (κ3) is 3.24. The number of nitrogens with zero attached hydrogens (tertiary/aromatic N) is 2. The molecule has 0 aromatic heterocycles. The minimum atomic E-state index is -0.920. The molecule has 0 spiro atoms. The molecule has 0 radical (unpaired) electrons. The first-order valence-corrected chi connectivity index (χ1v) is 10.8. The quantitative estimate of drug-likeness (QED) is 0.711. The highest BCUT2D eigenvalue weighted by atomic mass is 16.2. The lowest BCUT2D eigenvalue weighted by Crippen LogP contribution is -2.54. The van der Waals surface area contributed by atoms with Crippen molar-refractivity contribution in [3.63, 3.8) is 0 Å². The van der Waals surface area contributed by atoms with Gasteiger partial charge in [0.25, 0.3) is 11.8 Å². The van der Waals surface area contributed by atoms with Crippen molar-refractivity contribution >= 4 is 23.6 Å². The molecule has 30 heavy (non-hydrogen) atoms. The highest BCUT2D eigenvalue weighted by Gasteiger charge is 2.44. The van der Waals surface area contributed by atoms with Crippen molar-refractivity contribution in [2.24, 2.45) is 5.92 Å². The summed E-state index contributed by atoms with van der Waals surface area (Å²) in [5, 5.41) is 5.72. The van der Waals surface area contributed by atoms with Crippen LogP contribution in [0.3, 0.4) is 0 Å². The molecular weight excluding hydrogens is 384 g/mol. The molecule has 4 aliphatic heterocycles. The van der Waals surface area contributed by atoms with Crippen molar-refractivity contribution in [1.82, 2.24) is 20.4 Å².